The number of aromatic nitrogens is 3. The zero-order chi connectivity index (χ0) is 10.3. The molecule has 2 aromatic rings. The van der Waals surface area contributed by atoms with E-state index in [1.807, 2.05) is 0 Å². The first-order chi connectivity index (χ1) is 6.50. The second kappa shape index (κ2) is 4.45. The summed E-state index contributed by atoms with van der Waals surface area (Å²) < 4.78 is 32.2. The first-order valence-electron chi connectivity index (χ1n) is 3.50. The normalized spacial score (nSPS) is 11.3. The van der Waals surface area contributed by atoms with Gasteiger partial charge in [0.05, 0.1) is 4.90 Å². The fourth-order valence-electron chi connectivity index (χ4n) is 1.11. The Hall–Kier alpha value is -0.0336. The second-order valence-corrected chi connectivity index (χ2v) is 3.90. The van der Waals surface area contributed by atoms with Gasteiger partial charge >= 0.3 is 51.4 Å². The zero-order valence-electron chi connectivity index (χ0n) is 7.65. The molecular formula is C6H4KN3O4S. The molecule has 1 heterocycles. The Morgan fingerprint density at radius 3 is 2.67 bits per heavy atom. The third-order valence-corrected chi connectivity index (χ3v) is 2.56. The van der Waals surface area contributed by atoms with Gasteiger partial charge in [0, 0.05) is 0 Å². The van der Waals surface area contributed by atoms with Crippen LogP contribution < -0.4 is 51.4 Å². The summed E-state index contributed by atoms with van der Waals surface area (Å²) in [5.74, 6) is 0. The Kier molecular flexibility index (Phi) is 3.87. The molecule has 0 atom stereocenters. The van der Waals surface area contributed by atoms with Gasteiger partial charge in [-0.05, 0) is 17.3 Å². The van der Waals surface area contributed by atoms with Gasteiger partial charge in [0.25, 0.3) is 0 Å². The van der Waals surface area contributed by atoms with Gasteiger partial charge in [0.15, 0.2) is 0 Å². The van der Waals surface area contributed by atoms with Crippen LogP contribution >= 0.6 is 0 Å². The minimum Gasteiger partial charge on any atom is -0.744 e. The van der Waals surface area contributed by atoms with Gasteiger partial charge in [-0.1, -0.05) is 10.9 Å². The predicted molar refractivity (Wildman–Crippen MR) is 42.7 cm³/mol. The van der Waals surface area contributed by atoms with E-state index in [0.717, 1.165) is 6.07 Å². The van der Waals surface area contributed by atoms with Crippen molar-refractivity contribution >= 4 is 21.2 Å². The molecule has 9 heteroatoms. The van der Waals surface area contributed by atoms with Gasteiger partial charge in [-0.2, -0.15) is 0 Å². The van der Waals surface area contributed by atoms with Crippen molar-refractivity contribution < 1.29 is 69.6 Å². The Morgan fingerprint density at radius 2 is 2.07 bits per heavy atom. The molecule has 0 saturated carbocycles. The van der Waals surface area contributed by atoms with Gasteiger partial charge < -0.3 is 9.76 Å². The van der Waals surface area contributed by atoms with Crippen LogP contribution in [0.1, 0.15) is 0 Å². The number of nitrogens with zero attached hydrogens (tertiary/aromatic N) is 3. The van der Waals surface area contributed by atoms with Gasteiger partial charge in [-0.3, -0.25) is 0 Å². The van der Waals surface area contributed by atoms with E-state index < -0.39 is 15.0 Å². The fourth-order valence-corrected chi connectivity index (χ4v) is 1.74. The molecule has 1 aromatic heterocycles. The van der Waals surface area contributed by atoms with E-state index in [1.54, 1.807) is 0 Å². The predicted octanol–water partition coefficient (Wildman–Crippen LogP) is -3.42. The first-order valence-corrected chi connectivity index (χ1v) is 4.90. The molecule has 0 amide bonds. The van der Waals surface area contributed by atoms with Crippen LogP contribution in [0.3, 0.4) is 0 Å². The number of hydrogen-bond acceptors (Lipinski definition) is 6. The molecule has 0 fully saturated rings. The number of fused-ring (bicyclic) bond motifs is 1. The van der Waals surface area contributed by atoms with Crippen LogP contribution in [0.15, 0.2) is 23.1 Å². The van der Waals surface area contributed by atoms with E-state index in [2.05, 4.69) is 10.3 Å². The molecule has 15 heavy (non-hydrogen) atoms. The molecule has 0 aliphatic carbocycles. The molecular weight excluding hydrogens is 249 g/mol. The minimum atomic E-state index is -4.59. The molecule has 74 valence electrons. The second-order valence-electron chi connectivity index (χ2n) is 2.56. The number of hydrogen-bond donors (Lipinski definition) is 1. The molecule has 0 radical (unpaired) electrons. The SMILES string of the molecule is O=S(=O)([O-])c1cccc2c1nnn2O.[K+]. The quantitative estimate of drug-likeness (QED) is 0.322. The molecule has 0 bridgehead atoms. The number of benzene rings is 1. The summed E-state index contributed by atoms with van der Waals surface area (Å²) in [6.45, 7) is 0. The molecule has 0 aliphatic rings. The maximum absolute atomic E-state index is 10.7. The molecule has 1 aromatic carbocycles. The molecule has 1 N–H and O–H groups in total. The van der Waals surface area contributed by atoms with Crippen molar-refractivity contribution in [1.82, 2.24) is 15.2 Å². The molecule has 0 unspecified atom stereocenters. The smallest absolute Gasteiger partial charge is 0.744 e. The standard InChI is InChI=1S/C6H5N3O4S.K/c10-9-4-2-1-3-5(14(11,12)13)6(4)7-8-9;/h1-3,10H,(H,11,12,13);/q;+1/p-1. The molecule has 0 aliphatic heterocycles. The van der Waals surface area contributed by atoms with Crippen LogP contribution in [0.2, 0.25) is 0 Å². The average Bonchev–Trinajstić information content (AvgIpc) is 2.46. The monoisotopic (exact) mass is 253 g/mol. The van der Waals surface area contributed by atoms with E-state index in [9.17, 15) is 13.0 Å². The molecule has 0 spiro atoms. The third-order valence-electron chi connectivity index (χ3n) is 1.69. The maximum Gasteiger partial charge on any atom is 1.00 e. The number of rotatable bonds is 1. The van der Waals surface area contributed by atoms with Crippen molar-refractivity contribution in [3.8, 4) is 0 Å². The summed E-state index contributed by atoms with van der Waals surface area (Å²) in [5.41, 5.74) is -0.0630. The van der Waals surface area contributed by atoms with Gasteiger partial charge in [0.1, 0.15) is 21.2 Å². The van der Waals surface area contributed by atoms with E-state index in [-0.39, 0.29) is 62.4 Å². The van der Waals surface area contributed by atoms with E-state index in [0.29, 0.717) is 4.85 Å². The Morgan fingerprint density at radius 1 is 1.40 bits per heavy atom. The van der Waals surface area contributed by atoms with Crippen molar-refractivity contribution in [2.45, 2.75) is 4.90 Å². The van der Waals surface area contributed by atoms with Crippen molar-refractivity contribution in [1.29, 1.82) is 0 Å². The van der Waals surface area contributed by atoms with Crippen LogP contribution in [0.25, 0.3) is 11.0 Å². The van der Waals surface area contributed by atoms with Gasteiger partial charge in [-0.15, -0.1) is 5.10 Å². The van der Waals surface area contributed by atoms with E-state index in [1.165, 1.54) is 12.1 Å². The first kappa shape index (κ1) is 13.0. The summed E-state index contributed by atoms with van der Waals surface area (Å²) in [4.78, 5) is -0.0837. The topological polar surface area (TPSA) is 108 Å². The largest absolute Gasteiger partial charge is 1.00 e. The van der Waals surface area contributed by atoms with Crippen molar-refractivity contribution in [3.05, 3.63) is 18.2 Å². The van der Waals surface area contributed by atoms with Crippen LogP contribution in [-0.2, 0) is 10.1 Å². The average molecular weight is 253 g/mol. The summed E-state index contributed by atoms with van der Waals surface area (Å²) in [6.07, 6.45) is 0. The fraction of sp³-hybridized carbons (Fsp3) is 0. The molecule has 2 rings (SSSR count). The zero-order valence-corrected chi connectivity index (χ0v) is 11.6. The third kappa shape index (κ3) is 2.38. The van der Waals surface area contributed by atoms with E-state index in [4.69, 9.17) is 5.21 Å². The maximum atomic E-state index is 10.7. The summed E-state index contributed by atoms with van der Waals surface area (Å²) in [6, 6.07) is 3.83. The van der Waals surface area contributed by atoms with E-state index >= 15 is 0 Å². The summed E-state index contributed by atoms with van der Waals surface area (Å²) in [5, 5.41) is 15.6. The molecule has 7 nitrogen and oxygen atoms in total. The van der Waals surface area contributed by atoms with Crippen molar-refractivity contribution in [2.24, 2.45) is 0 Å². The Bertz CT molecular complexity index is 593. The Balaban J connectivity index is 0.00000112. The minimum absolute atomic E-state index is 0. The Labute approximate surface area is 127 Å². The molecule has 0 saturated heterocycles. The van der Waals surface area contributed by atoms with Crippen molar-refractivity contribution in [2.75, 3.05) is 0 Å². The van der Waals surface area contributed by atoms with Crippen LogP contribution in [-0.4, -0.2) is 33.3 Å². The summed E-state index contributed by atoms with van der Waals surface area (Å²) >= 11 is 0. The van der Waals surface area contributed by atoms with Gasteiger partial charge in [0.2, 0.25) is 0 Å². The van der Waals surface area contributed by atoms with Gasteiger partial charge in [-0.25, -0.2) is 8.42 Å². The van der Waals surface area contributed by atoms with Crippen LogP contribution in [0.4, 0.5) is 0 Å². The van der Waals surface area contributed by atoms with Crippen molar-refractivity contribution in [3.63, 3.8) is 0 Å². The summed E-state index contributed by atoms with van der Waals surface area (Å²) in [7, 11) is -4.59. The van der Waals surface area contributed by atoms with Crippen LogP contribution in [0, 0.1) is 0 Å². The van der Waals surface area contributed by atoms with Crippen LogP contribution in [0.5, 0.6) is 0 Å².